The number of hydrogen-bond donors (Lipinski definition) is 1. The lowest BCUT2D eigenvalue weighted by Gasteiger charge is -2.09. The third-order valence-corrected chi connectivity index (χ3v) is 5.78. The van der Waals surface area contributed by atoms with Gasteiger partial charge >= 0.3 is 0 Å². The van der Waals surface area contributed by atoms with Crippen LogP contribution in [0.2, 0.25) is 10.0 Å². The minimum atomic E-state index is -0.456. The third kappa shape index (κ3) is 4.33. The van der Waals surface area contributed by atoms with Gasteiger partial charge in [0.05, 0.1) is 26.6 Å². The van der Waals surface area contributed by atoms with E-state index >= 15 is 0 Å². The van der Waals surface area contributed by atoms with Crippen LogP contribution < -0.4 is 5.32 Å². The van der Waals surface area contributed by atoms with E-state index in [1.54, 1.807) is 24.4 Å². The Bertz CT molecular complexity index is 1430. The number of fused-ring (bicyclic) bond motifs is 1. The SMILES string of the molecule is O=C(Nc1nc2ccccc2n1CCc1ccccn1)c1cc(-c2c(Cl)cccc2Cl)on1. The molecule has 0 aliphatic heterocycles. The molecular formula is C24H17Cl2N5O2. The van der Waals surface area contributed by atoms with E-state index in [1.807, 2.05) is 47.0 Å². The van der Waals surface area contributed by atoms with Gasteiger partial charge < -0.3 is 9.09 Å². The molecule has 5 rings (SSSR count). The summed E-state index contributed by atoms with van der Waals surface area (Å²) in [4.78, 5) is 21.9. The normalized spacial score (nSPS) is 11.1. The first kappa shape index (κ1) is 21.2. The van der Waals surface area contributed by atoms with Crippen molar-refractivity contribution < 1.29 is 9.32 Å². The van der Waals surface area contributed by atoms with Gasteiger partial charge in [-0.3, -0.25) is 15.1 Å². The molecule has 1 amide bonds. The van der Waals surface area contributed by atoms with Crippen molar-refractivity contribution >= 4 is 46.1 Å². The van der Waals surface area contributed by atoms with E-state index in [-0.39, 0.29) is 5.69 Å². The summed E-state index contributed by atoms with van der Waals surface area (Å²) in [6.45, 7) is 0.590. The zero-order valence-corrected chi connectivity index (χ0v) is 18.7. The molecular weight excluding hydrogens is 461 g/mol. The maximum atomic E-state index is 13.0. The fourth-order valence-electron chi connectivity index (χ4n) is 3.57. The summed E-state index contributed by atoms with van der Waals surface area (Å²) in [6, 6.07) is 20.1. The zero-order valence-electron chi connectivity index (χ0n) is 17.2. The molecule has 0 radical (unpaired) electrons. The highest BCUT2D eigenvalue weighted by atomic mass is 35.5. The minimum absolute atomic E-state index is 0.0873. The van der Waals surface area contributed by atoms with Crippen LogP contribution in [-0.4, -0.2) is 25.6 Å². The number of carbonyl (C=O) groups is 1. The van der Waals surface area contributed by atoms with Gasteiger partial charge in [-0.2, -0.15) is 0 Å². The number of aromatic nitrogens is 4. The van der Waals surface area contributed by atoms with Gasteiger partial charge in [0.15, 0.2) is 11.5 Å². The van der Waals surface area contributed by atoms with E-state index in [9.17, 15) is 4.79 Å². The molecule has 0 fully saturated rings. The molecule has 33 heavy (non-hydrogen) atoms. The molecule has 9 heteroatoms. The van der Waals surface area contributed by atoms with Crippen molar-refractivity contribution in [2.75, 3.05) is 5.32 Å². The summed E-state index contributed by atoms with van der Waals surface area (Å²) in [6.07, 6.45) is 2.45. The summed E-state index contributed by atoms with van der Waals surface area (Å²) in [5.41, 5.74) is 3.20. The van der Waals surface area contributed by atoms with Crippen LogP contribution in [0.4, 0.5) is 5.95 Å². The number of hydrogen-bond acceptors (Lipinski definition) is 5. The van der Waals surface area contributed by atoms with Crippen LogP contribution in [0.5, 0.6) is 0 Å². The zero-order chi connectivity index (χ0) is 22.8. The Morgan fingerprint density at radius 2 is 1.79 bits per heavy atom. The molecule has 0 unspecified atom stereocenters. The molecule has 0 saturated heterocycles. The van der Waals surface area contributed by atoms with Crippen LogP contribution in [0.15, 0.2) is 77.4 Å². The van der Waals surface area contributed by atoms with Gasteiger partial charge in [-0.25, -0.2) is 4.98 Å². The molecule has 0 bridgehead atoms. The van der Waals surface area contributed by atoms with E-state index in [1.165, 1.54) is 6.07 Å². The Balaban J connectivity index is 1.42. The Kier molecular flexibility index (Phi) is 5.81. The summed E-state index contributed by atoms with van der Waals surface area (Å²) in [7, 11) is 0. The van der Waals surface area contributed by atoms with Crippen molar-refractivity contribution in [2.24, 2.45) is 0 Å². The minimum Gasteiger partial charge on any atom is -0.355 e. The summed E-state index contributed by atoms with van der Waals surface area (Å²) >= 11 is 12.5. The number of pyridine rings is 1. The summed E-state index contributed by atoms with van der Waals surface area (Å²) in [5.74, 6) is 0.263. The first-order valence-corrected chi connectivity index (χ1v) is 10.9. The first-order valence-electron chi connectivity index (χ1n) is 10.2. The molecule has 164 valence electrons. The second-order valence-corrected chi connectivity index (χ2v) is 8.09. The number of amides is 1. The predicted molar refractivity (Wildman–Crippen MR) is 128 cm³/mol. The van der Waals surface area contributed by atoms with Crippen molar-refractivity contribution in [2.45, 2.75) is 13.0 Å². The molecule has 0 saturated carbocycles. The topological polar surface area (TPSA) is 85.8 Å². The Morgan fingerprint density at radius 3 is 2.58 bits per heavy atom. The van der Waals surface area contributed by atoms with Gasteiger partial charge in [0.1, 0.15) is 0 Å². The highest BCUT2D eigenvalue weighted by Gasteiger charge is 2.20. The lowest BCUT2D eigenvalue weighted by Crippen LogP contribution is -2.17. The number of anilines is 1. The number of nitrogens with zero attached hydrogens (tertiary/aromatic N) is 4. The van der Waals surface area contributed by atoms with Gasteiger partial charge in [0, 0.05) is 30.9 Å². The molecule has 0 atom stereocenters. The van der Waals surface area contributed by atoms with Crippen LogP contribution in [0.1, 0.15) is 16.2 Å². The molecule has 0 aliphatic rings. The number of imidazole rings is 1. The van der Waals surface area contributed by atoms with E-state index in [0.717, 1.165) is 16.7 Å². The smallest absolute Gasteiger partial charge is 0.280 e. The summed E-state index contributed by atoms with van der Waals surface area (Å²) in [5, 5.41) is 7.56. The number of carbonyl (C=O) groups excluding carboxylic acids is 1. The van der Waals surface area contributed by atoms with Crippen molar-refractivity contribution in [3.05, 3.63) is 94.4 Å². The molecule has 5 aromatic rings. The maximum Gasteiger partial charge on any atom is 0.280 e. The van der Waals surface area contributed by atoms with Gasteiger partial charge in [-0.1, -0.05) is 52.6 Å². The van der Waals surface area contributed by atoms with Crippen molar-refractivity contribution in [1.29, 1.82) is 0 Å². The molecule has 3 heterocycles. The summed E-state index contributed by atoms with van der Waals surface area (Å²) < 4.78 is 7.30. The van der Waals surface area contributed by atoms with Crippen molar-refractivity contribution in [1.82, 2.24) is 19.7 Å². The fourth-order valence-corrected chi connectivity index (χ4v) is 4.15. The van der Waals surface area contributed by atoms with E-state index in [4.69, 9.17) is 27.7 Å². The number of aryl methyl sites for hydroxylation is 2. The number of para-hydroxylation sites is 2. The fraction of sp³-hybridized carbons (Fsp3) is 0.0833. The third-order valence-electron chi connectivity index (χ3n) is 5.15. The predicted octanol–water partition coefficient (Wildman–Crippen LogP) is 5.89. The molecule has 7 nitrogen and oxygen atoms in total. The second kappa shape index (κ2) is 9.05. The lowest BCUT2D eigenvalue weighted by molar-refractivity contribution is 0.101. The first-order chi connectivity index (χ1) is 16.1. The van der Waals surface area contributed by atoms with Crippen LogP contribution in [0.3, 0.4) is 0 Å². The average molecular weight is 478 g/mol. The maximum absolute atomic E-state index is 13.0. The highest BCUT2D eigenvalue weighted by Crippen LogP contribution is 2.35. The second-order valence-electron chi connectivity index (χ2n) is 7.27. The van der Waals surface area contributed by atoms with Crippen LogP contribution >= 0.6 is 23.2 Å². The molecule has 0 spiro atoms. The molecule has 1 N–H and O–H groups in total. The lowest BCUT2D eigenvalue weighted by atomic mass is 10.1. The van der Waals surface area contributed by atoms with Gasteiger partial charge in [-0.15, -0.1) is 0 Å². The van der Waals surface area contributed by atoms with Crippen molar-refractivity contribution in [3.63, 3.8) is 0 Å². The molecule has 2 aromatic carbocycles. The van der Waals surface area contributed by atoms with Crippen LogP contribution in [-0.2, 0) is 13.0 Å². The van der Waals surface area contributed by atoms with Gasteiger partial charge in [0.25, 0.3) is 5.91 Å². The monoisotopic (exact) mass is 477 g/mol. The Morgan fingerprint density at radius 1 is 1.00 bits per heavy atom. The van der Waals surface area contributed by atoms with Crippen molar-refractivity contribution in [3.8, 4) is 11.3 Å². The standard InChI is InChI=1S/C24H17Cl2N5O2/c25-16-7-5-8-17(26)22(16)21-14-19(30-33-21)23(32)29-24-28-18-9-1-2-10-20(18)31(24)13-11-15-6-3-4-12-27-15/h1-10,12,14H,11,13H2,(H,28,29,32). The number of halogens is 2. The number of benzene rings is 2. The highest BCUT2D eigenvalue weighted by molar-refractivity contribution is 6.39. The van der Waals surface area contributed by atoms with Gasteiger partial charge in [-0.05, 0) is 36.4 Å². The molecule has 3 aromatic heterocycles. The number of rotatable bonds is 6. The van der Waals surface area contributed by atoms with Gasteiger partial charge in [0.2, 0.25) is 5.95 Å². The Labute approximate surface area is 199 Å². The quantitative estimate of drug-likeness (QED) is 0.329. The van der Waals surface area contributed by atoms with E-state index in [2.05, 4.69) is 20.4 Å². The average Bonchev–Trinajstić information content (AvgIpc) is 3.43. The Hall–Kier alpha value is -3.68. The van der Waals surface area contributed by atoms with Crippen LogP contribution in [0.25, 0.3) is 22.4 Å². The van der Waals surface area contributed by atoms with E-state index < -0.39 is 5.91 Å². The number of nitrogens with one attached hydrogen (secondary N) is 1. The molecule has 0 aliphatic carbocycles. The largest absolute Gasteiger partial charge is 0.355 e. The van der Waals surface area contributed by atoms with Crippen LogP contribution in [0, 0.1) is 0 Å². The van der Waals surface area contributed by atoms with E-state index in [0.29, 0.717) is 40.3 Å².